The fraction of sp³-hybridized carbons (Fsp3) is 0.0667. The summed E-state index contributed by atoms with van der Waals surface area (Å²) in [4.78, 5) is 27.2. The largest absolute Gasteiger partial charge is 0.507 e. The zero-order valence-electron chi connectivity index (χ0n) is 11.6. The van der Waals surface area contributed by atoms with E-state index in [2.05, 4.69) is 20.8 Å². The van der Waals surface area contributed by atoms with Crippen LogP contribution in [-0.4, -0.2) is 34.7 Å². The Morgan fingerprint density at radius 2 is 2.05 bits per heavy atom. The molecule has 0 spiro atoms. The van der Waals surface area contributed by atoms with Crippen molar-refractivity contribution >= 4 is 18.0 Å². The summed E-state index contributed by atoms with van der Waals surface area (Å²) >= 11 is 0. The third-order valence-electron chi connectivity index (χ3n) is 2.65. The molecule has 0 saturated carbocycles. The van der Waals surface area contributed by atoms with E-state index in [1.54, 1.807) is 36.7 Å². The number of amides is 2. The Labute approximate surface area is 126 Å². The van der Waals surface area contributed by atoms with Crippen molar-refractivity contribution in [3.8, 4) is 5.75 Å². The number of para-hydroxylation sites is 1. The maximum Gasteiger partial charge on any atom is 0.259 e. The van der Waals surface area contributed by atoms with Crippen LogP contribution in [0, 0.1) is 0 Å². The van der Waals surface area contributed by atoms with Gasteiger partial charge in [0.1, 0.15) is 5.75 Å². The number of pyridine rings is 1. The fourth-order valence-corrected chi connectivity index (χ4v) is 1.59. The van der Waals surface area contributed by atoms with Gasteiger partial charge in [-0.25, -0.2) is 5.43 Å². The number of rotatable bonds is 5. The number of aromatic hydroxyl groups is 1. The second-order valence-corrected chi connectivity index (χ2v) is 4.28. The van der Waals surface area contributed by atoms with E-state index < -0.39 is 11.8 Å². The molecule has 0 aliphatic heterocycles. The second-order valence-electron chi connectivity index (χ2n) is 4.28. The molecule has 1 aromatic carbocycles. The lowest BCUT2D eigenvalue weighted by Crippen LogP contribution is -2.34. The van der Waals surface area contributed by atoms with Crippen molar-refractivity contribution in [2.75, 3.05) is 6.54 Å². The van der Waals surface area contributed by atoms with E-state index in [9.17, 15) is 14.7 Å². The minimum absolute atomic E-state index is 0.106. The molecule has 0 unspecified atom stereocenters. The Morgan fingerprint density at radius 3 is 2.77 bits per heavy atom. The molecule has 112 valence electrons. The molecule has 3 N–H and O–H groups in total. The number of hydrogen-bond acceptors (Lipinski definition) is 5. The molecule has 1 heterocycles. The van der Waals surface area contributed by atoms with Crippen molar-refractivity contribution in [1.82, 2.24) is 15.7 Å². The summed E-state index contributed by atoms with van der Waals surface area (Å²) in [6, 6.07) is 9.60. The lowest BCUT2D eigenvalue weighted by molar-refractivity contribution is -0.120. The van der Waals surface area contributed by atoms with Crippen LogP contribution >= 0.6 is 0 Å². The number of hydrogen-bond donors (Lipinski definition) is 3. The average molecular weight is 298 g/mol. The van der Waals surface area contributed by atoms with Gasteiger partial charge in [0.2, 0.25) is 0 Å². The summed E-state index contributed by atoms with van der Waals surface area (Å²) in [5.74, 6) is -1.16. The van der Waals surface area contributed by atoms with Gasteiger partial charge in [-0.1, -0.05) is 18.2 Å². The summed E-state index contributed by atoms with van der Waals surface area (Å²) < 4.78 is 0. The van der Waals surface area contributed by atoms with Crippen molar-refractivity contribution in [2.45, 2.75) is 0 Å². The van der Waals surface area contributed by atoms with E-state index in [0.29, 0.717) is 0 Å². The van der Waals surface area contributed by atoms with E-state index in [0.717, 1.165) is 5.56 Å². The van der Waals surface area contributed by atoms with E-state index >= 15 is 0 Å². The van der Waals surface area contributed by atoms with Crippen LogP contribution in [0.3, 0.4) is 0 Å². The Bertz CT molecular complexity index is 686. The number of nitrogens with zero attached hydrogens (tertiary/aromatic N) is 2. The van der Waals surface area contributed by atoms with Gasteiger partial charge in [-0.05, 0) is 18.2 Å². The van der Waals surface area contributed by atoms with Crippen molar-refractivity contribution in [2.24, 2.45) is 5.10 Å². The van der Waals surface area contributed by atoms with Crippen molar-refractivity contribution in [3.05, 3.63) is 59.9 Å². The molecule has 0 bridgehead atoms. The number of phenolic OH excluding ortho intramolecular Hbond substituents is 1. The minimum Gasteiger partial charge on any atom is -0.507 e. The SMILES string of the molecule is O=C(CNC(=O)c1ccccc1O)N/N=C/c1cccnc1. The Kier molecular flexibility index (Phi) is 5.20. The Hall–Kier alpha value is -3.22. The number of hydrazone groups is 1. The van der Waals surface area contributed by atoms with Crippen LogP contribution in [0.25, 0.3) is 0 Å². The summed E-state index contributed by atoms with van der Waals surface area (Å²) in [6.45, 7) is -0.252. The highest BCUT2D eigenvalue weighted by Gasteiger charge is 2.10. The summed E-state index contributed by atoms with van der Waals surface area (Å²) in [6.07, 6.45) is 4.66. The molecule has 0 fully saturated rings. The highest BCUT2D eigenvalue weighted by atomic mass is 16.3. The zero-order chi connectivity index (χ0) is 15.8. The molecular weight excluding hydrogens is 284 g/mol. The molecule has 7 nitrogen and oxygen atoms in total. The first kappa shape index (κ1) is 15.2. The zero-order valence-corrected chi connectivity index (χ0v) is 11.6. The molecular formula is C15H14N4O3. The number of aromatic nitrogens is 1. The van der Waals surface area contributed by atoms with Gasteiger partial charge in [0, 0.05) is 18.0 Å². The van der Waals surface area contributed by atoms with E-state index in [4.69, 9.17) is 0 Å². The molecule has 0 aliphatic rings. The van der Waals surface area contributed by atoms with Crippen molar-refractivity contribution in [1.29, 1.82) is 0 Å². The predicted molar refractivity (Wildman–Crippen MR) is 80.4 cm³/mol. The van der Waals surface area contributed by atoms with Crippen molar-refractivity contribution < 1.29 is 14.7 Å². The van der Waals surface area contributed by atoms with Crippen LogP contribution in [0.1, 0.15) is 15.9 Å². The first-order valence-corrected chi connectivity index (χ1v) is 6.45. The molecule has 2 amide bonds. The van der Waals surface area contributed by atoms with Gasteiger partial charge in [-0.2, -0.15) is 5.10 Å². The lowest BCUT2D eigenvalue weighted by Gasteiger charge is -2.05. The van der Waals surface area contributed by atoms with Gasteiger partial charge in [0.05, 0.1) is 18.3 Å². The number of nitrogens with one attached hydrogen (secondary N) is 2. The van der Waals surface area contributed by atoms with Crippen LogP contribution in [0.5, 0.6) is 5.75 Å². The molecule has 1 aromatic heterocycles. The summed E-state index contributed by atoms with van der Waals surface area (Å²) in [7, 11) is 0. The quantitative estimate of drug-likeness (QED) is 0.557. The van der Waals surface area contributed by atoms with Crippen molar-refractivity contribution in [3.63, 3.8) is 0 Å². The highest BCUT2D eigenvalue weighted by Crippen LogP contribution is 2.14. The summed E-state index contributed by atoms with van der Waals surface area (Å²) in [5.41, 5.74) is 3.12. The van der Waals surface area contributed by atoms with Gasteiger partial charge in [-0.15, -0.1) is 0 Å². The standard InChI is InChI=1S/C15H14N4O3/c20-13-6-2-1-5-12(13)15(22)17-10-14(21)19-18-9-11-4-3-7-16-8-11/h1-9,20H,10H2,(H,17,22)(H,19,21)/b18-9+. The molecule has 0 radical (unpaired) electrons. The molecule has 2 rings (SSSR count). The Balaban J connectivity index is 1.80. The minimum atomic E-state index is -0.538. The van der Waals surface area contributed by atoms with Gasteiger partial charge < -0.3 is 10.4 Å². The van der Waals surface area contributed by atoms with Gasteiger partial charge in [-0.3, -0.25) is 14.6 Å². The maximum absolute atomic E-state index is 11.8. The Morgan fingerprint density at radius 1 is 1.23 bits per heavy atom. The van der Waals surface area contributed by atoms with E-state index in [1.165, 1.54) is 18.3 Å². The smallest absolute Gasteiger partial charge is 0.259 e. The van der Waals surface area contributed by atoms with Gasteiger partial charge >= 0.3 is 0 Å². The molecule has 22 heavy (non-hydrogen) atoms. The number of carbonyl (C=O) groups is 2. The normalized spacial score (nSPS) is 10.4. The molecule has 0 saturated heterocycles. The second kappa shape index (κ2) is 7.53. The third kappa shape index (κ3) is 4.41. The number of phenols is 1. The predicted octanol–water partition coefficient (Wildman–Crippen LogP) is 0.667. The lowest BCUT2D eigenvalue weighted by atomic mass is 10.2. The topological polar surface area (TPSA) is 104 Å². The van der Waals surface area contributed by atoms with Crippen LogP contribution in [0.2, 0.25) is 0 Å². The van der Waals surface area contributed by atoms with Crippen LogP contribution in [0.4, 0.5) is 0 Å². The molecule has 7 heteroatoms. The molecule has 0 atom stereocenters. The first-order valence-electron chi connectivity index (χ1n) is 6.45. The van der Waals surface area contributed by atoms with Crippen LogP contribution in [0.15, 0.2) is 53.9 Å². The average Bonchev–Trinajstić information content (AvgIpc) is 2.54. The molecule has 2 aromatic rings. The first-order chi connectivity index (χ1) is 10.7. The fourth-order valence-electron chi connectivity index (χ4n) is 1.59. The number of carbonyl (C=O) groups excluding carboxylic acids is 2. The van der Waals surface area contributed by atoms with Gasteiger partial charge in [0.15, 0.2) is 0 Å². The van der Waals surface area contributed by atoms with Gasteiger partial charge in [0.25, 0.3) is 11.8 Å². The van der Waals surface area contributed by atoms with Crippen LogP contribution in [-0.2, 0) is 4.79 Å². The number of benzene rings is 1. The van der Waals surface area contributed by atoms with Crippen LogP contribution < -0.4 is 10.7 Å². The molecule has 0 aliphatic carbocycles. The highest BCUT2D eigenvalue weighted by molar-refractivity contribution is 5.98. The maximum atomic E-state index is 11.8. The van der Waals surface area contributed by atoms with E-state index in [-0.39, 0.29) is 17.9 Å². The monoisotopic (exact) mass is 298 g/mol. The summed E-state index contributed by atoms with van der Waals surface area (Å²) in [5, 5.41) is 15.7. The van der Waals surface area contributed by atoms with E-state index in [1.807, 2.05) is 0 Å². The third-order valence-corrected chi connectivity index (χ3v) is 2.65.